The van der Waals surface area contributed by atoms with Crippen molar-refractivity contribution in [2.24, 2.45) is 5.41 Å². The van der Waals surface area contributed by atoms with Crippen molar-refractivity contribution in [3.63, 3.8) is 0 Å². The van der Waals surface area contributed by atoms with E-state index in [1.54, 1.807) is 0 Å². The molecule has 1 aliphatic heterocycles. The van der Waals surface area contributed by atoms with Crippen LogP contribution in [-0.2, 0) is 18.4 Å². The molecule has 3 unspecified atom stereocenters. The molecule has 0 bridgehead atoms. The minimum atomic E-state index is -0.413. The minimum Gasteiger partial charge on any atom is -0.393 e. The number of nitrogens with one attached hydrogen (secondary N) is 1. The number of rotatable bonds is 11. The summed E-state index contributed by atoms with van der Waals surface area (Å²) in [6.45, 7) is 6.39. The molecule has 3 rings (SSSR count). The monoisotopic (exact) mass is 378 g/mol. The van der Waals surface area contributed by atoms with Gasteiger partial charge < -0.3 is 10.2 Å². The third-order valence-electron chi connectivity index (χ3n) is 5.61. The first kappa shape index (κ1) is 19.8. The Bertz CT molecular complexity index is 716. The highest BCUT2D eigenvalue weighted by Crippen LogP contribution is 2.35. The molecule has 27 heavy (non-hydrogen) atoms. The normalized spacial score (nSPS) is 21.5. The quantitative estimate of drug-likeness (QED) is 0.521. The fraction of sp³-hybridized carbons (Fsp3) is 0.882. The molecule has 0 amide bonds. The van der Waals surface area contributed by atoms with Crippen LogP contribution in [0.3, 0.4) is 0 Å². The molecule has 3 heterocycles. The Morgan fingerprint density at radius 2 is 1.89 bits per heavy atom. The van der Waals surface area contributed by atoms with Gasteiger partial charge in [0.25, 0.3) is 0 Å². The lowest BCUT2D eigenvalue weighted by atomic mass is 9.82. The van der Waals surface area contributed by atoms with Gasteiger partial charge in [-0.05, 0) is 61.3 Å². The zero-order valence-electron chi connectivity index (χ0n) is 16.3. The summed E-state index contributed by atoms with van der Waals surface area (Å²) in [5.74, 6) is 1.60. The molecule has 0 saturated heterocycles. The number of nitrogens with zero attached hydrogens (tertiary/aromatic N) is 7. The third kappa shape index (κ3) is 5.07. The number of aliphatic hydroxyl groups excluding tert-OH is 2. The molecule has 0 aromatic carbocycles. The lowest BCUT2D eigenvalue weighted by molar-refractivity contribution is 0.0789. The smallest absolute Gasteiger partial charge is 0.175 e. The van der Waals surface area contributed by atoms with E-state index < -0.39 is 12.2 Å². The molecule has 0 aliphatic carbocycles. The number of aromatic nitrogens is 8. The average Bonchev–Trinajstić information content (AvgIpc) is 3.25. The van der Waals surface area contributed by atoms with E-state index in [1.807, 2.05) is 4.68 Å². The second-order valence-electron chi connectivity index (χ2n) is 8.81. The van der Waals surface area contributed by atoms with Crippen molar-refractivity contribution in [3.05, 3.63) is 11.6 Å². The van der Waals surface area contributed by atoms with Crippen molar-refractivity contribution in [3.8, 4) is 0 Å². The Morgan fingerprint density at radius 1 is 1.15 bits per heavy atom. The van der Waals surface area contributed by atoms with Crippen LogP contribution in [0.5, 0.6) is 0 Å². The summed E-state index contributed by atoms with van der Waals surface area (Å²) in [7, 11) is 0. The first-order valence-corrected chi connectivity index (χ1v) is 9.64. The topological polar surface area (TPSA) is 139 Å². The van der Waals surface area contributed by atoms with E-state index >= 15 is 0 Å². The van der Waals surface area contributed by atoms with Gasteiger partial charge >= 0.3 is 0 Å². The molecule has 2 aromatic rings. The molecule has 0 spiro atoms. The van der Waals surface area contributed by atoms with Crippen LogP contribution in [0.2, 0.25) is 0 Å². The summed E-state index contributed by atoms with van der Waals surface area (Å²) >= 11 is 0. The Morgan fingerprint density at radius 3 is 2.56 bits per heavy atom. The number of tetrazole rings is 2. The van der Waals surface area contributed by atoms with Crippen LogP contribution in [0.25, 0.3) is 0 Å². The Kier molecular flexibility index (Phi) is 5.85. The number of aromatic amines is 1. The minimum absolute atomic E-state index is 0.00811. The van der Waals surface area contributed by atoms with E-state index in [0.29, 0.717) is 31.5 Å². The van der Waals surface area contributed by atoms with Crippen molar-refractivity contribution in [1.29, 1.82) is 0 Å². The molecular formula is C17H30N8O2. The Balaban J connectivity index is 1.32. The maximum absolute atomic E-state index is 10.3. The first-order chi connectivity index (χ1) is 12.8. The van der Waals surface area contributed by atoms with Crippen LogP contribution in [-0.4, -0.2) is 63.3 Å². The van der Waals surface area contributed by atoms with Crippen LogP contribution in [0.1, 0.15) is 70.9 Å². The van der Waals surface area contributed by atoms with Crippen LogP contribution < -0.4 is 0 Å². The SMILES string of the molecule is CC(C)(CCC(O)CCC(O)CCC1(C)Cc2nnnn21)Cc1nn[nH]n1. The summed E-state index contributed by atoms with van der Waals surface area (Å²) in [4.78, 5) is 0. The highest BCUT2D eigenvalue weighted by Gasteiger charge is 2.41. The molecule has 0 radical (unpaired) electrons. The number of hydrogen-bond acceptors (Lipinski definition) is 8. The molecule has 1 aliphatic rings. The predicted octanol–water partition coefficient (Wildman–Crippen LogP) is 0.789. The van der Waals surface area contributed by atoms with Crippen LogP contribution in [0.4, 0.5) is 0 Å². The second-order valence-corrected chi connectivity index (χ2v) is 8.81. The van der Waals surface area contributed by atoms with E-state index in [2.05, 4.69) is 56.9 Å². The van der Waals surface area contributed by atoms with Crippen molar-refractivity contribution in [2.75, 3.05) is 0 Å². The Hall–Kier alpha value is -1.94. The summed E-state index contributed by atoms with van der Waals surface area (Å²) < 4.78 is 1.85. The highest BCUT2D eigenvalue weighted by molar-refractivity contribution is 5.06. The fourth-order valence-corrected chi connectivity index (χ4v) is 3.74. The molecule has 10 nitrogen and oxygen atoms in total. The third-order valence-corrected chi connectivity index (χ3v) is 5.61. The number of aliphatic hydroxyl groups is 2. The lowest BCUT2D eigenvalue weighted by Gasteiger charge is -2.38. The summed E-state index contributed by atoms with van der Waals surface area (Å²) in [6.07, 6.45) is 5.03. The van der Waals surface area contributed by atoms with Gasteiger partial charge in [-0.25, -0.2) is 4.68 Å². The maximum atomic E-state index is 10.3. The van der Waals surface area contributed by atoms with Crippen LogP contribution >= 0.6 is 0 Å². The molecule has 3 N–H and O–H groups in total. The number of H-pyrrole nitrogens is 1. The van der Waals surface area contributed by atoms with Gasteiger partial charge in [-0.3, -0.25) is 0 Å². The summed E-state index contributed by atoms with van der Waals surface area (Å²) in [5, 5.41) is 46.2. The van der Waals surface area contributed by atoms with Crippen molar-refractivity contribution < 1.29 is 10.2 Å². The van der Waals surface area contributed by atoms with Gasteiger partial charge in [-0.15, -0.1) is 15.3 Å². The largest absolute Gasteiger partial charge is 0.393 e. The van der Waals surface area contributed by atoms with Crippen molar-refractivity contribution in [2.45, 2.75) is 89.9 Å². The van der Waals surface area contributed by atoms with E-state index in [0.717, 1.165) is 31.5 Å². The molecule has 0 fully saturated rings. The maximum Gasteiger partial charge on any atom is 0.175 e. The number of hydrogen-bond donors (Lipinski definition) is 3. The fourth-order valence-electron chi connectivity index (χ4n) is 3.74. The highest BCUT2D eigenvalue weighted by atomic mass is 16.3. The standard InChI is InChI=1S/C17H30N8O2/c1-16(2,10-14-18-21-22-19-14)8-6-12(26)4-5-13(27)7-9-17(3)11-15-20-23-24-25(15)17/h12-13,26-27H,4-11H2,1-3H3,(H,18,19,21,22). The zero-order valence-corrected chi connectivity index (χ0v) is 16.3. The van der Waals surface area contributed by atoms with Gasteiger partial charge in [0.1, 0.15) is 0 Å². The molecule has 0 saturated carbocycles. The molecular weight excluding hydrogens is 348 g/mol. The predicted molar refractivity (Wildman–Crippen MR) is 96.5 cm³/mol. The van der Waals surface area contributed by atoms with Crippen molar-refractivity contribution >= 4 is 0 Å². The first-order valence-electron chi connectivity index (χ1n) is 9.64. The molecule has 3 atom stereocenters. The molecule has 2 aromatic heterocycles. The molecule has 150 valence electrons. The van der Waals surface area contributed by atoms with Gasteiger partial charge in [-0.2, -0.15) is 5.21 Å². The zero-order chi connectivity index (χ0) is 19.5. The number of fused-ring (bicyclic) bond motifs is 1. The molecule has 10 heteroatoms. The summed E-state index contributed by atoms with van der Waals surface area (Å²) in [6, 6.07) is 0. The van der Waals surface area contributed by atoms with Gasteiger partial charge in [0.2, 0.25) is 0 Å². The summed E-state index contributed by atoms with van der Waals surface area (Å²) in [5.41, 5.74) is -0.0938. The second kappa shape index (κ2) is 7.97. The van der Waals surface area contributed by atoms with Crippen LogP contribution in [0.15, 0.2) is 0 Å². The Labute approximate surface area is 158 Å². The van der Waals surface area contributed by atoms with Crippen LogP contribution in [0, 0.1) is 5.41 Å². The van der Waals surface area contributed by atoms with Crippen molar-refractivity contribution in [1.82, 2.24) is 40.8 Å². The van der Waals surface area contributed by atoms with Gasteiger partial charge in [0.15, 0.2) is 11.6 Å². The van der Waals surface area contributed by atoms with E-state index in [9.17, 15) is 10.2 Å². The van der Waals surface area contributed by atoms with E-state index in [1.165, 1.54) is 0 Å². The average molecular weight is 378 g/mol. The van der Waals surface area contributed by atoms with Gasteiger partial charge in [0.05, 0.1) is 17.7 Å². The van der Waals surface area contributed by atoms with Gasteiger partial charge in [0, 0.05) is 12.8 Å². The lowest BCUT2D eigenvalue weighted by Crippen LogP contribution is -2.45. The van der Waals surface area contributed by atoms with E-state index in [4.69, 9.17) is 0 Å². The van der Waals surface area contributed by atoms with E-state index in [-0.39, 0.29) is 11.0 Å². The van der Waals surface area contributed by atoms with Gasteiger partial charge in [-0.1, -0.05) is 19.1 Å².